The molecule has 2 aromatic rings. The third kappa shape index (κ3) is 3.24. The highest BCUT2D eigenvalue weighted by molar-refractivity contribution is 8.16. The fraction of sp³-hybridized carbons (Fsp3) is 0.250. The molecule has 0 saturated heterocycles. The first-order valence-electron chi connectivity index (χ1n) is 8.39. The number of benzene rings is 2. The Labute approximate surface area is 151 Å². The molecule has 1 amide bonds. The molecule has 0 spiro atoms. The number of hydrogen-bond donors (Lipinski definition) is 0. The molecular weight excluding hydrogens is 330 g/mol. The largest absolute Gasteiger partial charge is 0.314 e. The second-order valence-electron chi connectivity index (χ2n) is 6.38. The molecule has 0 aromatic heterocycles. The molecule has 0 atom stereocenters. The Balaban J connectivity index is 1.42. The quantitative estimate of drug-likeness (QED) is 0.833. The molecule has 126 valence electrons. The summed E-state index contributed by atoms with van der Waals surface area (Å²) < 4.78 is -0.370. The summed E-state index contributed by atoms with van der Waals surface area (Å²) in [4.78, 5) is 14.7. The number of thioether (sulfide) groups is 1. The Morgan fingerprint density at radius 1 is 1.00 bits per heavy atom. The van der Waals surface area contributed by atoms with Crippen molar-refractivity contribution in [1.82, 2.24) is 0 Å². The molecule has 25 heavy (non-hydrogen) atoms. The van der Waals surface area contributed by atoms with Crippen LogP contribution < -0.4 is 4.90 Å². The normalized spacial score (nSPS) is 17.6. The highest BCUT2D eigenvalue weighted by Gasteiger charge is 2.53. The number of nitrogens with zero attached hydrogens (tertiary/aromatic N) is 3. The van der Waals surface area contributed by atoms with Crippen molar-refractivity contribution in [3.05, 3.63) is 66.2 Å². The zero-order valence-corrected chi connectivity index (χ0v) is 14.9. The van der Waals surface area contributed by atoms with Gasteiger partial charge in [0.05, 0.1) is 5.71 Å². The van der Waals surface area contributed by atoms with Crippen LogP contribution in [-0.4, -0.2) is 28.5 Å². The number of rotatable bonds is 4. The Bertz CT molecular complexity index is 842. The fourth-order valence-corrected chi connectivity index (χ4v) is 4.22. The maximum atomic E-state index is 13.0. The van der Waals surface area contributed by atoms with Gasteiger partial charge in [0.15, 0.2) is 0 Å². The molecular formula is C20H19N3OS. The van der Waals surface area contributed by atoms with Crippen LogP contribution in [0, 0.1) is 0 Å². The lowest BCUT2D eigenvalue weighted by atomic mass is 10.1. The van der Waals surface area contributed by atoms with E-state index in [2.05, 4.69) is 10.2 Å². The standard InChI is InChI=1S/C20H19N3OS/c1-23(16-10-6-3-7-11-16)19(24)20(12-13-20)25-18-14-17(21-22-18)15-8-4-2-5-9-15/h2-11H,12-14H2,1H3. The van der Waals surface area contributed by atoms with Gasteiger partial charge in [0, 0.05) is 19.2 Å². The van der Waals surface area contributed by atoms with Crippen LogP contribution >= 0.6 is 11.8 Å². The van der Waals surface area contributed by atoms with Crippen LogP contribution in [0.4, 0.5) is 5.69 Å². The molecule has 0 unspecified atom stereocenters. The maximum Gasteiger partial charge on any atom is 0.243 e. The van der Waals surface area contributed by atoms with Gasteiger partial charge in [0.25, 0.3) is 0 Å². The predicted molar refractivity (Wildman–Crippen MR) is 104 cm³/mol. The Kier molecular flexibility index (Phi) is 4.17. The molecule has 5 heteroatoms. The van der Waals surface area contributed by atoms with Gasteiger partial charge in [-0.05, 0) is 30.5 Å². The van der Waals surface area contributed by atoms with E-state index < -0.39 is 0 Å². The van der Waals surface area contributed by atoms with Gasteiger partial charge in [-0.3, -0.25) is 4.79 Å². The van der Waals surface area contributed by atoms with Crippen LogP contribution in [0.25, 0.3) is 0 Å². The van der Waals surface area contributed by atoms with E-state index in [-0.39, 0.29) is 10.7 Å². The molecule has 2 aliphatic rings. The minimum atomic E-state index is -0.370. The highest BCUT2D eigenvalue weighted by atomic mass is 32.2. The van der Waals surface area contributed by atoms with Crippen LogP contribution in [0.5, 0.6) is 0 Å². The van der Waals surface area contributed by atoms with Crippen LogP contribution in [-0.2, 0) is 4.79 Å². The highest BCUT2D eigenvalue weighted by Crippen LogP contribution is 2.51. The molecule has 1 heterocycles. The summed E-state index contributed by atoms with van der Waals surface area (Å²) in [6, 6.07) is 19.9. The van der Waals surface area contributed by atoms with Gasteiger partial charge in [-0.25, -0.2) is 0 Å². The molecule has 0 radical (unpaired) electrons. The zero-order valence-electron chi connectivity index (χ0n) is 14.1. The lowest BCUT2D eigenvalue weighted by molar-refractivity contribution is -0.118. The third-order valence-electron chi connectivity index (χ3n) is 4.56. The average molecular weight is 349 g/mol. The molecule has 1 fully saturated rings. The smallest absolute Gasteiger partial charge is 0.243 e. The molecule has 1 aliphatic carbocycles. The van der Waals surface area contributed by atoms with E-state index in [1.165, 1.54) is 0 Å². The van der Waals surface area contributed by atoms with E-state index in [0.717, 1.165) is 34.8 Å². The number of anilines is 1. The minimum Gasteiger partial charge on any atom is -0.314 e. The lowest BCUT2D eigenvalue weighted by Gasteiger charge is -2.23. The predicted octanol–water partition coefficient (Wildman–Crippen LogP) is 4.12. The summed E-state index contributed by atoms with van der Waals surface area (Å²) in [6.07, 6.45) is 2.50. The molecule has 2 aromatic carbocycles. The van der Waals surface area contributed by atoms with E-state index in [1.54, 1.807) is 16.7 Å². The summed E-state index contributed by atoms with van der Waals surface area (Å²) in [5.41, 5.74) is 3.00. The first-order valence-corrected chi connectivity index (χ1v) is 9.21. The van der Waals surface area contributed by atoms with E-state index in [0.29, 0.717) is 6.42 Å². The molecule has 0 bridgehead atoms. The van der Waals surface area contributed by atoms with Crippen LogP contribution in [0.15, 0.2) is 70.9 Å². The second-order valence-corrected chi connectivity index (χ2v) is 7.84. The number of carbonyl (C=O) groups excluding carboxylic acids is 1. The van der Waals surface area contributed by atoms with Gasteiger partial charge in [0.2, 0.25) is 5.91 Å². The number of carbonyl (C=O) groups is 1. The zero-order chi connectivity index (χ0) is 17.3. The van der Waals surface area contributed by atoms with E-state index in [4.69, 9.17) is 0 Å². The number of para-hydroxylation sites is 1. The van der Waals surface area contributed by atoms with E-state index in [9.17, 15) is 4.79 Å². The van der Waals surface area contributed by atoms with Crippen LogP contribution in [0.2, 0.25) is 0 Å². The van der Waals surface area contributed by atoms with Crippen molar-refractivity contribution < 1.29 is 4.79 Å². The Hall–Kier alpha value is -2.40. The van der Waals surface area contributed by atoms with Gasteiger partial charge in [-0.2, -0.15) is 5.10 Å². The average Bonchev–Trinajstić information content (AvgIpc) is 3.30. The molecule has 1 aliphatic heterocycles. The Morgan fingerprint density at radius 3 is 2.28 bits per heavy atom. The molecule has 4 nitrogen and oxygen atoms in total. The van der Waals surface area contributed by atoms with Crippen molar-refractivity contribution in [3.63, 3.8) is 0 Å². The molecule has 0 N–H and O–H groups in total. The summed E-state index contributed by atoms with van der Waals surface area (Å²) in [7, 11) is 1.85. The van der Waals surface area contributed by atoms with Gasteiger partial charge in [0.1, 0.15) is 9.79 Å². The van der Waals surface area contributed by atoms with Gasteiger partial charge >= 0.3 is 0 Å². The third-order valence-corrected chi connectivity index (χ3v) is 6.00. The van der Waals surface area contributed by atoms with Gasteiger partial charge in [-0.15, -0.1) is 5.10 Å². The minimum absolute atomic E-state index is 0.152. The molecule has 1 saturated carbocycles. The van der Waals surface area contributed by atoms with Crippen molar-refractivity contribution in [2.45, 2.75) is 24.0 Å². The van der Waals surface area contributed by atoms with Crippen molar-refractivity contribution in [2.24, 2.45) is 10.2 Å². The first kappa shape index (κ1) is 16.1. The van der Waals surface area contributed by atoms with Crippen LogP contribution in [0.1, 0.15) is 24.8 Å². The maximum absolute atomic E-state index is 13.0. The lowest BCUT2D eigenvalue weighted by Crippen LogP contribution is -2.36. The Morgan fingerprint density at radius 2 is 1.64 bits per heavy atom. The van der Waals surface area contributed by atoms with Crippen molar-refractivity contribution in [2.75, 3.05) is 11.9 Å². The van der Waals surface area contributed by atoms with Crippen molar-refractivity contribution >= 4 is 34.1 Å². The summed E-state index contributed by atoms with van der Waals surface area (Å²) in [5, 5.41) is 9.59. The molecule has 4 rings (SSSR count). The van der Waals surface area contributed by atoms with E-state index >= 15 is 0 Å². The van der Waals surface area contributed by atoms with Gasteiger partial charge in [-0.1, -0.05) is 60.3 Å². The summed E-state index contributed by atoms with van der Waals surface area (Å²) in [5.74, 6) is 0.152. The number of hydrogen-bond acceptors (Lipinski definition) is 4. The first-order chi connectivity index (χ1) is 12.2. The van der Waals surface area contributed by atoms with Gasteiger partial charge < -0.3 is 4.90 Å². The number of amides is 1. The summed E-state index contributed by atoms with van der Waals surface area (Å²) in [6.45, 7) is 0. The van der Waals surface area contributed by atoms with Crippen LogP contribution in [0.3, 0.4) is 0 Å². The van der Waals surface area contributed by atoms with E-state index in [1.807, 2.05) is 67.7 Å². The SMILES string of the molecule is CN(C(=O)C1(SC2=NN=C(c3ccccc3)C2)CC1)c1ccccc1. The summed E-state index contributed by atoms with van der Waals surface area (Å²) >= 11 is 1.59. The van der Waals surface area contributed by atoms with Crippen molar-refractivity contribution in [3.8, 4) is 0 Å². The second kappa shape index (κ2) is 6.48. The van der Waals surface area contributed by atoms with Crippen molar-refractivity contribution in [1.29, 1.82) is 0 Å². The monoisotopic (exact) mass is 349 g/mol. The fourth-order valence-electron chi connectivity index (χ4n) is 2.95. The topological polar surface area (TPSA) is 45.0 Å².